The molecule has 23 heavy (non-hydrogen) atoms. The molecule has 124 valence electrons. The first-order valence-corrected chi connectivity index (χ1v) is 7.93. The van der Waals surface area contributed by atoms with Crippen molar-refractivity contribution in [2.75, 3.05) is 19.6 Å². The van der Waals surface area contributed by atoms with E-state index >= 15 is 0 Å². The van der Waals surface area contributed by atoms with Crippen molar-refractivity contribution in [2.24, 2.45) is 0 Å². The molecule has 0 bridgehead atoms. The minimum absolute atomic E-state index is 0. The van der Waals surface area contributed by atoms with E-state index < -0.39 is 0 Å². The van der Waals surface area contributed by atoms with E-state index in [4.69, 9.17) is 0 Å². The van der Waals surface area contributed by atoms with E-state index in [1.807, 2.05) is 11.4 Å². The highest BCUT2D eigenvalue weighted by atomic mass is 35.5. The van der Waals surface area contributed by atoms with Gasteiger partial charge in [-0.15, -0.1) is 12.4 Å². The number of hydrogen-bond acceptors (Lipinski definition) is 5. The summed E-state index contributed by atoms with van der Waals surface area (Å²) in [5.74, 6) is -0.241. The van der Waals surface area contributed by atoms with E-state index in [2.05, 4.69) is 10.2 Å². The Morgan fingerprint density at radius 3 is 2.96 bits per heavy atom. The van der Waals surface area contributed by atoms with Gasteiger partial charge in [0, 0.05) is 43.7 Å². The van der Waals surface area contributed by atoms with Gasteiger partial charge < -0.3 is 5.32 Å². The van der Waals surface area contributed by atoms with Gasteiger partial charge in [0.1, 0.15) is 5.82 Å². The minimum Gasteiger partial charge on any atom is -0.314 e. The average Bonchev–Trinajstić information content (AvgIpc) is 2.97. The maximum absolute atomic E-state index is 13.5. The lowest BCUT2D eigenvalue weighted by molar-refractivity contribution is -0.380. The number of rotatable bonds is 4. The summed E-state index contributed by atoms with van der Waals surface area (Å²) >= 11 is 1.14. The molecule has 1 atom stereocenters. The highest BCUT2D eigenvalue weighted by Gasteiger charge is 2.25. The lowest BCUT2D eigenvalue weighted by Crippen LogP contribution is -2.45. The number of benzene rings is 1. The SMILES string of the molecule is Cl.O=[N+]([O-])c1cc(CN2CCNCC2c2cccc(F)c2)cs1. The van der Waals surface area contributed by atoms with E-state index in [1.165, 1.54) is 6.07 Å². The van der Waals surface area contributed by atoms with Crippen LogP contribution in [0.1, 0.15) is 17.2 Å². The van der Waals surface area contributed by atoms with Gasteiger partial charge in [-0.3, -0.25) is 15.0 Å². The third kappa shape index (κ3) is 4.26. The number of hydrogen-bond donors (Lipinski definition) is 1. The number of nitrogens with zero attached hydrogens (tertiary/aromatic N) is 2. The predicted octanol–water partition coefficient (Wildman–Crippen LogP) is 3.36. The van der Waals surface area contributed by atoms with Crippen molar-refractivity contribution < 1.29 is 9.31 Å². The van der Waals surface area contributed by atoms with Crippen LogP contribution in [0.5, 0.6) is 0 Å². The highest BCUT2D eigenvalue weighted by Crippen LogP contribution is 2.28. The monoisotopic (exact) mass is 357 g/mol. The van der Waals surface area contributed by atoms with Gasteiger partial charge in [-0.1, -0.05) is 23.5 Å². The van der Waals surface area contributed by atoms with E-state index in [-0.39, 0.29) is 34.2 Å². The summed E-state index contributed by atoms with van der Waals surface area (Å²) in [6.07, 6.45) is 0. The molecule has 0 saturated carbocycles. The first kappa shape index (κ1) is 17.8. The maximum Gasteiger partial charge on any atom is 0.324 e. The smallest absolute Gasteiger partial charge is 0.314 e. The number of nitrogens with one attached hydrogen (secondary N) is 1. The summed E-state index contributed by atoms with van der Waals surface area (Å²) in [6.45, 7) is 3.06. The molecule has 0 spiro atoms. The molecular formula is C15H17ClFN3O2S. The van der Waals surface area contributed by atoms with Gasteiger partial charge in [-0.25, -0.2) is 4.39 Å². The van der Waals surface area contributed by atoms with Crippen molar-refractivity contribution in [3.63, 3.8) is 0 Å². The van der Waals surface area contributed by atoms with E-state index in [0.717, 1.165) is 42.1 Å². The van der Waals surface area contributed by atoms with Crippen molar-refractivity contribution in [3.8, 4) is 0 Å². The Labute approximate surface area is 143 Å². The van der Waals surface area contributed by atoms with Crippen LogP contribution in [0.2, 0.25) is 0 Å². The second-order valence-corrected chi connectivity index (χ2v) is 6.19. The van der Waals surface area contributed by atoms with Crippen molar-refractivity contribution in [3.05, 3.63) is 62.8 Å². The predicted molar refractivity (Wildman–Crippen MR) is 90.6 cm³/mol. The van der Waals surface area contributed by atoms with Crippen LogP contribution >= 0.6 is 23.7 Å². The first-order valence-electron chi connectivity index (χ1n) is 7.05. The normalized spacial score (nSPS) is 18.4. The molecule has 1 aromatic heterocycles. The first-order chi connectivity index (χ1) is 10.6. The average molecular weight is 358 g/mol. The molecular weight excluding hydrogens is 341 g/mol. The Kier molecular flexibility index (Phi) is 6.06. The molecule has 1 N–H and O–H groups in total. The molecule has 8 heteroatoms. The summed E-state index contributed by atoms with van der Waals surface area (Å²) in [7, 11) is 0. The van der Waals surface area contributed by atoms with E-state index in [0.29, 0.717) is 6.54 Å². The largest absolute Gasteiger partial charge is 0.324 e. The van der Waals surface area contributed by atoms with Crippen molar-refractivity contribution in [1.29, 1.82) is 0 Å². The van der Waals surface area contributed by atoms with Crippen molar-refractivity contribution in [2.45, 2.75) is 12.6 Å². The standard InChI is InChI=1S/C15H16FN3O2S.ClH/c16-13-3-1-2-12(7-13)14-8-17-4-5-18(14)9-11-6-15(19(20)21)22-10-11;/h1-3,6-7,10,14,17H,4-5,8-9H2;1H. The Hall–Kier alpha value is -1.54. The Morgan fingerprint density at radius 2 is 2.26 bits per heavy atom. The molecule has 1 aliphatic heterocycles. The van der Waals surface area contributed by atoms with E-state index in [9.17, 15) is 14.5 Å². The lowest BCUT2D eigenvalue weighted by Gasteiger charge is -2.36. The molecule has 1 aliphatic rings. The second-order valence-electron chi connectivity index (χ2n) is 5.30. The molecule has 2 heterocycles. The van der Waals surface area contributed by atoms with Crippen molar-refractivity contribution in [1.82, 2.24) is 10.2 Å². The molecule has 3 rings (SSSR count). The van der Waals surface area contributed by atoms with Gasteiger partial charge in [0.05, 0.1) is 4.92 Å². The molecule has 2 aromatic rings. The van der Waals surface area contributed by atoms with Crippen LogP contribution in [0.15, 0.2) is 35.7 Å². The van der Waals surface area contributed by atoms with Crippen LogP contribution in [0.3, 0.4) is 0 Å². The highest BCUT2D eigenvalue weighted by molar-refractivity contribution is 7.13. The number of piperazine rings is 1. The molecule has 1 unspecified atom stereocenters. The zero-order valence-corrected chi connectivity index (χ0v) is 13.9. The van der Waals surface area contributed by atoms with Crippen LogP contribution in [0, 0.1) is 15.9 Å². The lowest BCUT2D eigenvalue weighted by atomic mass is 10.0. The van der Waals surface area contributed by atoms with Gasteiger partial charge >= 0.3 is 5.00 Å². The zero-order valence-electron chi connectivity index (χ0n) is 12.3. The van der Waals surface area contributed by atoms with Gasteiger partial charge in [-0.2, -0.15) is 0 Å². The van der Waals surface area contributed by atoms with E-state index in [1.54, 1.807) is 18.2 Å². The summed E-state index contributed by atoms with van der Waals surface area (Å²) in [5.41, 5.74) is 1.86. The maximum atomic E-state index is 13.5. The van der Waals surface area contributed by atoms with Crippen LogP contribution in [0.4, 0.5) is 9.39 Å². The fourth-order valence-electron chi connectivity index (χ4n) is 2.75. The molecule has 0 amide bonds. The fourth-order valence-corrected chi connectivity index (χ4v) is 3.47. The second kappa shape index (κ2) is 7.83. The van der Waals surface area contributed by atoms with Crippen molar-refractivity contribution >= 4 is 28.7 Å². The molecule has 0 radical (unpaired) electrons. The molecule has 1 fully saturated rings. The summed E-state index contributed by atoms with van der Waals surface area (Å²) in [6, 6.07) is 8.32. The van der Waals surface area contributed by atoms with Gasteiger partial charge in [0.2, 0.25) is 0 Å². The number of nitro groups is 1. The van der Waals surface area contributed by atoms with Crippen LogP contribution in [0.25, 0.3) is 0 Å². The zero-order chi connectivity index (χ0) is 15.5. The molecule has 1 saturated heterocycles. The fraction of sp³-hybridized carbons (Fsp3) is 0.333. The van der Waals surface area contributed by atoms with Crippen LogP contribution < -0.4 is 5.32 Å². The number of thiophene rings is 1. The quantitative estimate of drug-likeness (QED) is 0.673. The Bertz CT molecular complexity index is 682. The number of halogens is 2. The Balaban J connectivity index is 0.00000192. The third-order valence-corrected chi connectivity index (χ3v) is 4.72. The summed E-state index contributed by atoms with van der Waals surface area (Å²) in [5, 5.41) is 16.1. The topological polar surface area (TPSA) is 58.4 Å². The van der Waals surface area contributed by atoms with Crippen LogP contribution in [-0.2, 0) is 6.54 Å². The molecule has 0 aliphatic carbocycles. The van der Waals surface area contributed by atoms with Gasteiger partial charge in [0.15, 0.2) is 0 Å². The summed E-state index contributed by atoms with van der Waals surface area (Å²) < 4.78 is 13.5. The molecule has 5 nitrogen and oxygen atoms in total. The van der Waals surface area contributed by atoms with Crippen LogP contribution in [-0.4, -0.2) is 29.5 Å². The summed E-state index contributed by atoms with van der Waals surface area (Å²) in [4.78, 5) is 12.6. The Morgan fingerprint density at radius 1 is 1.43 bits per heavy atom. The van der Waals surface area contributed by atoms with Gasteiger partial charge in [-0.05, 0) is 23.3 Å². The van der Waals surface area contributed by atoms with Gasteiger partial charge in [0.25, 0.3) is 0 Å². The minimum atomic E-state index is -0.365. The molecule has 1 aromatic carbocycles. The third-order valence-electron chi connectivity index (χ3n) is 3.79.